The molecule has 0 aromatic heterocycles. The highest BCUT2D eigenvalue weighted by Crippen LogP contribution is 2.43. The lowest BCUT2D eigenvalue weighted by molar-refractivity contribution is 0.168. The van der Waals surface area contributed by atoms with Gasteiger partial charge in [-0.05, 0) is 35.0 Å². The number of nitrogens with one attached hydrogen (secondary N) is 2. The first-order chi connectivity index (χ1) is 10.4. The zero-order valence-corrected chi connectivity index (χ0v) is 13.8. The summed E-state index contributed by atoms with van der Waals surface area (Å²) in [5.41, 5.74) is 7.24. The number of hydrogen-bond donors (Lipinski definition) is 3. The van der Waals surface area contributed by atoms with Gasteiger partial charge in [0, 0.05) is 12.7 Å². The van der Waals surface area contributed by atoms with E-state index in [1.165, 1.54) is 6.07 Å². The van der Waals surface area contributed by atoms with Gasteiger partial charge in [0.2, 0.25) is 5.79 Å². The molecule has 8 heteroatoms. The van der Waals surface area contributed by atoms with Crippen molar-refractivity contribution in [3.8, 4) is 11.5 Å². The van der Waals surface area contributed by atoms with Gasteiger partial charge in [0.05, 0.1) is 10.0 Å². The summed E-state index contributed by atoms with van der Waals surface area (Å²) in [5.74, 6) is -0.622. The second-order valence-corrected chi connectivity index (χ2v) is 5.84. The molecule has 0 radical (unpaired) electrons. The van der Waals surface area contributed by atoms with Crippen molar-refractivity contribution in [1.82, 2.24) is 10.6 Å². The maximum absolute atomic E-state index is 14.8. The summed E-state index contributed by atoms with van der Waals surface area (Å²) < 4.78 is 25.9. The van der Waals surface area contributed by atoms with E-state index in [0.717, 1.165) is 5.70 Å². The molecule has 4 N–H and O–H groups in total. The molecule has 1 unspecified atom stereocenters. The summed E-state index contributed by atoms with van der Waals surface area (Å²) >= 11 is 3.21. The monoisotopic (exact) mass is 370 g/mol. The lowest BCUT2D eigenvalue weighted by Gasteiger charge is -2.33. The molecule has 2 heterocycles. The van der Waals surface area contributed by atoms with E-state index in [1.807, 2.05) is 6.92 Å². The molecule has 0 bridgehead atoms. The molecule has 6 nitrogen and oxygen atoms in total. The normalized spacial score (nSPS) is 23.3. The molecule has 1 aromatic rings. The molecule has 2 aliphatic rings. The Hall–Kier alpha value is -1.80. The van der Waals surface area contributed by atoms with Crippen LogP contribution >= 0.6 is 15.9 Å². The third kappa shape index (κ3) is 2.42. The Bertz CT molecular complexity index is 692. The van der Waals surface area contributed by atoms with Gasteiger partial charge in [0.1, 0.15) is 24.9 Å². The zero-order chi connectivity index (χ0) is 15.9. The van der Waals surface area contributed by atoms with Crippen LogP contribution < -0.4 is 25.8 Å². The number of allylic oxidation sites excluding steroid dienone is 1. The molecule has 118 valence electrons. The molecule has 0 spiro atoms. The van der Waals surface area contributed by atoms with E-state index in [2.05, 4.69) is 31.6 Å². The fourth-order valence-electron chi connectivity index (χ4n) is 2.45. The number of benzene rings is 1. The number of nitrogens with zero attached hydrogens (tertiary/aromatic N) is 1. The summed E-state index contributed by atoms with van der Waals surface area (Å²) in [5, 5.41) is 5.92. The number of aliphatic imine (C=N–C) groups is 1. The van der Waals surface area contributed by atoms with Crippen molar-refractivity contribution in [1.29, 1.82) is 0 Å². The van der Waals surface area contributed by atoms with Gasteiger partial charge in [-0.3, -0.25) is 5.73 Å². The number of amidine groups is 1. The molecule has 0 saturated heterocycles. The van der Waals surface area contributed by atoms with Crippen LogP contribution in [0.4, 0.5) is 4.39 Å². The number of ether oxygens (including phenoxy) is 2. The van der Waals surface area contributed by atoms with Crippen molar-refractivity contribution in [2.45, 2.75) is 12.7 Å². The van der Waals surface area contributed by atoms with Gasteiger partial charge in [0.15, 0.2) is 11.5 Å². The van der Waals surface area contributed by atoms with Crippen LogP contribution in [0.2, 0.25) is 0 Å². The van der Waals surface area contributed by atoms with Crippen LogP contribution in [0.25, 0.3) is 0 Å². The van der Waals surface area contributed by atoms with Crippen molar-refractivity contribution < 1.29 is 13.9 Å². The molecule has 1 atom stereocenters. The fraction of sp³-hybridized carbons (Fsp3) is 0.357. The van der Waals surface area contributed by atoms with Crippen LogP contribution in [-0.2, 0) is 5.79 Å². The number of halogens is 2. The Labute approximate surface area is 135 Å². The van der Waals surface area contributed by atoms with Gasteiger partial charge in [-0.2, -0.15) is 0 Å². The Kier molecular flexibility index (Phi) is 3.73. The van der Waals surface area contributed by atoms with E-state index in [-0.39, 0.29) is 10.0 Å². The van der Waals surface area contributed by atoms with Crippen molar-refractivity contribution in [3.05, 3.63) is 33.7 Å². The van der Waals surface area contributed by atoms with E-state index >= 15 is 0 Å². The smallest absolute Gasteiger partial charge is 0.214 e. The summed E-state index contributed by atoms with van der Waals surface area (Å²) in [6.07, 6.45) is 1.79. The van der Waals surface area contributed by atoms with E-state index < -0.39 is 11.6 Å². The van der Waals surface area contributed by atoms with Crippen LogP contribution in [-0.4, -0.2) is 26.1 Å². The second-order valence-electron chi connectivity index (χ2n) is 5.04. The summed E-state index contributed by atoms with van der Waals surface area (Å²) in [6.45, 7) is 2.61. The first-order valence-corrected chi connectivity index (χ1v) is 7.55. The summed E-state index contributed by atoms with van der Waals surface area (Å²) in [7, 11) is 1.73. The maximum Gasteiger partial charge on any atom is 0.214 e. The molecule has 0 aliphatic carbocycles. The third-order valence-corrected chi connectivity index (χ3v) is 4.13. The predicted octanol–water partition coefficient (Wildman–Crippen LogP) is 1.55. The largest absolute Gasteiger partial charge is 0.486 e. The zero-order valence-electron chi connectivity index (χ0n) is 12.2. The minimum atomic E-state index is -1.43. The fourth-order valence-corrected chi connectivity index (χ4v) is 2.97. The highest BCUT2D eigenvalue weighted by molar-refractivity contribution is 9.10. The minimum Gasteiger partial charge on any atom is -0.486 e. The molecule has 3 rings (SSSR count). The Morgan fingerprint density at radius 1 is 1.45 bits per heavy atom. The molecule has 2 aliphatic heterocycles. The van der Waals surface area contributed by atoms with Crippen molar-refractivity contribution in [3.63, 3.8) is 0 Å². The number of rotatable bonds is 1. The van der Waals surface area contributed by atoms with Crippen LogP contribution in [0.3, 0.4) is 0 Å². The summed E-state index contributed by atoms with van der Waals surface area (Å²) in [4.78, 5) is 4.34. The average Bonchev–Trinajstić information content (AvgIpc) is 2.50. The Morgan fingerprint density at radius 2 is 2.18 bits per heavy atom. The van der Waals surface area contributed by atoms with Gasteiger partial charge < -0.3 is 20.1 Å². The average molecular weight is 371 g/mol. The first-order valence-electron chi connectivity index (χ1n) is 6.75. The van der Waals surface area contributed by atoms with E-state index in [4.69, 9.17) is 15.2 Å². The Morgan fingerprint density at radius 3 is 2.91 bits per heavy atom. The lowest BCUT2D eigenvalue weighted by Crippen LogP contribution is -2.52. The van der Waals surface area contributed by atoms with Gasteiger partial charge >= 0.3 is 0 Å². The molecular formula is C14H16BrFN4O2. The van der Waals surface area contributed by atoms with Crippen molar-refractivity contribution in [2.24, 2.45) is 10.7 Å². The van der Waals surface area contributed by atoms with E-state index in [1.54, 1.807) is 13.1 Å². The van der Waals surface area contributed by atoms with Crippen LogP contribution in [0.15, 0.2) is 27.3 Å². The number of nitrogens with two attached hydrogens (primary N) is 1. The first kappa shape index (κ1) is 15.1. The SMILES string of the molecule is CNC1=NC(N)(c2cc3c(c(Br)c2F)OCCO3)NC(C)=C1. The van der Waals surface area contributed by atoms with Gasteiger partial charge in [-0.1, -0.05) is 0 Å². The quantitative estimate of drug-likeness (QED) is 0.698. The molecule has 0 fully saturated rings. The van der Waals surface area contributed by atoms with E-state index in [0.29, 0.717) is 30.5 Å². The van der Waals surface area contributed by atoms with Crippen molar-refractivity contribution >= 4 is 21.8 Å². The molecule has 0 amide bonds. The number of hydrogen-bond acceptors (Lipinski definition) is 6. The second kappa shape index (κ2) is 5.44. The summed E-state index contributed by atoms with van der Waals surface area (Å²) in [6, 6.07) is 1.52. The van der Waals surface area contributed by atoms with Crippen LogP contribution in [0, 0.1) is 5.82 Å². The third-order valence-electron chi connectivity index (χ3n) is 3.42. The van der Waals surface area contributed by atoms with Crippen LogP contribution in [0.5, 0.6) is 11.5 Å². The van der Waals surface area contributed by atoms with E-state index in [9.17, 15) is 4.39 Å². The molecule has 22 heavy (non-hydrogen) atoms. The van der Waals surface area contributed by atoms with Gasteiger partial charge in [-0.25, -0.2) is 9.38 Å². The lowest BCUT2D eigenvalue weighted by atomic mass is 10.0. The molecule has 1 aromatic carbocycles. The maximum atomic E-state index is 14.8. The predicted molar refractivity (Wildman–Crippen MR) is 84.3 cm³/mol. The van der Waals surface area contributed by atoms with Gasteiger partial charge in [0.25, 0.3) is 0 Å². The van der Waals surface area contributed by atoms with Crippen molar-refractivity contribution in [2.75, 3.05) is 20.3 Å². The number of likely N-dealkylation sites (N-methyl/N-ethyl adjacent to an activating group) is 1. The molecule has 0 saturated carbocycles. The number of fused-ring (bicyclic) bond motifs is 1. The topological polar surface area (TPSA) is 80.9 Å². The standard InChI is InChI=1S/C14H16BrFN4O2/c1-7-5-10(18-2)20-14(17,19-7)8-6-9-13(11(15)12(8)16)22-4-3-21-9/h5-6,19H,3-4,17H2,1-2H3,(H,18,20). The Balaban J connectivity index is 2.14. The minimum absolute atomic E-state index is 0.170. The molecular weight excluding hydrogens is 355 g/mol. The highest BCUT2D eigenvalue weighted by atomic mass is 79.9. The van der Waals surface area contributed by atoms with Gasteiger partial charge in [-0.15, -0.1) is 0 Å². The van der Waals surface area contributed by atoms with Crippen LogP contribution in [0.1, 0.15) is 12.5 Å². The highest BCUT2D eigenvalue weighted by Gasteiger charge is 2.36.